The first-order chi connectivity index (χ1) is 9.97. The number of halogens is 1. The topological polar surface area (TPSA) is 98.3 Å². The highest BCUT2D eigenvalue weighted by molar-refractivity contribution is 5.99. The van der Waals surface area contributed by atoms with Crippen molar-refractivity contribution in [1.82, 2.24) is 15.1 Å². The quantitative estimate of drug-likeness (QED) is 0.801. The lowest BCUT2D eigenvalue weighted by Gasteiger charge is -2.18. The van der Waals surface area contributed by atoms with Crippen LogP contribution in [0, 0.1) is 5.82 Å². The Morgan fingerprint density at radius 3 is 2.86 bits per heavy atom. The first-order valence-corrected chi connectivity index (χ1v) is 6.00. The number of anilines is 1. The summed E-state index contributed by atoms with van der Waals surface area (Å²) >= 11 is 0. The molecular formula is C13H13FN4O3. The van der Waals surface area contributed by atoms with Crippen LogP contribution in [0.5, 0.6) is 0 Å². The van der Waals surface area contributed by atoms with E-state index in [1.54, 1.807) is 12.4 Å². The molecule has 1 heterocycles. The number of nitrogens with zero attached hydrogens (tertiary/aromatic N) is 2. The van der Waals surface area contributed by atoms with Crippen molar-refractivity contribution in [2.45, 2.75) is 6.54 Å². The van der Waals surface area contributed by atoms with Crippen LogP contribution in [-0.4, -0.2) is 39.3 Å². The summed E-state index contributed by atoms with van der Waals surface area (Å²) < 4.78 is 13.2. The summed E-state index contributed by atoms with van der Waals surface area (Å²) in [5.74, 6) is -1.88. The third-order valence-corrected chi connectivity index (χ3v) is 2.77. The molecule has 0 atom stereocenters. The number of aromatic amines is 1. The highest BCUT2D eigenvalue weighted by atomic mass is 19.1. The molecule has 0 fully saturated rings. The minimum atomic E-state index is -1.25. The fourth-order valence-electron chi connectivity index (χ4n) is 1.73. The summed E-state index contributed by atoms with van der Waals surface area (Å²) in [5, 5.41) is 17.8. The molecule has 0 aliphatic heterocycles. The molecule has 0 aliphatic carbocycles. The lowest BCUT2D eigenvalue weighted by molar-refractivity contribution is 0.0698. The first kappa shape index (κ1) is 14.5. The lowest BCUT2D eigenvalue weighted by Crippen LogP contribution is -2.31. The molecule has 2 aromatic rings. The third-order valence-electron chi connectivity index (χ3n) is 2.77. The number of H-pyrrole nitrogens is 1. The van der Waals surface area contributed by atoms with E-state index in [-0.39, 0.29) is 17.8 Å². The van der Waals surface area contributed by atoms with Crippen LogP contribution in [0.2, 0.25) is 0 Å². The van der Waals surface area contributed by atoms with Gasteiger partial charge in [-0.3, -0.25) is 5.10 Å². The highest BCUT2D eigenvalue weighted by Gasteiger charge is 2.16. The van der Waals surface area contributed by atoms with E-state index in [1.165, 1.54) is 11.9 Å². The van der Waals surface area contributed by atoms with E-state index in [0.29, 0.717) is 0 Å². The summed E-state index contributed by atoms with van der Waals surface area (Å²) in [5.41, 5.74) is 0.512. The SMILES string of the molecule is CN(Cc1cn[nH]c1)C(=O)Nc1cc(F)ccc1C(=O)O. The number of rotatable bonds is 4. The summed E-state index contributed by atoms with van der Waals surface area (Å²) in [4.78, 5) is 24.4. The maximum Gasteiger partial charge on any atom is 0.337 e. The molecule has 0 unspecified atom stereocenters. The Morgan fingerprint density at radius 1 is 1.48 bits per heavy atom. The van der Waals surface area contributed by atoms with Crippen molar-refractivity contribution in [3.63, 3.8) is 0 Å². The molecular weight excluding hydrogens is 279 g/mol. The number of carbonyl (C=O) groups is 2. The van der Waals surface area contributed by atoms with Gasteiger partial charge < -0.3 is 15.3 Å². The minimum Gasteiger partial charge on any atom is -0.478 e. The van der Waals surface area contributed by atoms with Gasteiger partial charge in [-0.15, -0.1) is 0 Å². The molecule has 21 heavy (non-hydrogen) atoms. The summed E-state index contributed by atoms with van der Waals surface area (Å²) in [6, 6.07) is 2.54. The molecule has 7 nitrogen and oxygen atoms in total. The average molecular weight is 292 g/mol. The van der Waals surface area contributed by atoms with Crippen LogP contribution >= 0.6 is 0 Å². The van der Waals surface area contributed by atoms with Gasteiger partial charge >= 0.3 is 12.0 Å². The number of aromatic carboxylic acids is 1. The highest BCUT2D eigenvalue weighted by Crippen LogP contribution is 2.18. The number of carbonyl (C=O) groups excluding carboxylic acids is 1. The van der Waals surface area contributed by atoms with Crippen molar-refractivity contribution in [3.8, 4) is 0 Å². The van der Waals surface area contributed by atoms with Gasteiger partial charge in [-0.25, -0.2) is 14.0 Å². The van der Waals surface area contributed by atoms with Crippen LogP contribution in [0.3, 0.4) is 0 Å². The van der Waals surface area contributed by atoms with E-state index in [4.69, 9.17) is 5.11 Å². The molecule has 0 bridgehead atoms. The van der Waals surface area contributed by atoms with Crippen molar-refractivity contribution in [2.75, 3.05) is 12.4 Å². The van der Waals surface area contributed by atoms with Gasteiger partial charge in [0.2, 0.25) is 0 Å². The van der Waals surface area contributed by atoms with E-state index in [2.05, 4.69) is 15.5 Å². The summed E-state index contributed by atoms with van der Waals surface area (Å²) in [6.45, 7) is 0.278. The fraction of sp³-hybridized carbons (Fsp3) is 0.154. The zero-order valence-electron chi connectivity index (χ0n) is 11.1. The molecule has 110 valence electrons. The summed E-state index contributed by atoms with van der Waals surface area (Å²) in [6.07, 6.45) is 3.20. The molecule has 2 amide bonds. The van der Waals surface area contributed by atoms with E-state index in [0.717, 1.165) is 23.8 Å². The van der Waals surface area contributed by atoms with Crippen LogP contribution in [0.25, 0.3) is 0 Å². The lowest BCUT2D eigenvalue weighted by atomic mass is 10.2. The van der Waals surface area contributed by atoms with Gasteiger partial charge in [0, 0.05) is 18.8 Å². The Hall–Kier alpha value is -2.90. The largest absolute Gasteiger partial charge is 0.478 e. The standard InChI is InChI=1S/C13H13FN4O3/c1-18(7-8-5-15-16-6-8)13(21)17-11-4-9(14)2-3-10(11)12(19)20/h2-6H,7H2,1H3,(H,15,16)(H,17,21)(H,19,20). The van der Waals surface area contributed by atoms with E-state index >= 15 is 0 Å². The Bertz CT molecular complexity index is 657. The number of carboxylic acids is 1. The van der Waals surface area contributed by atoms with Crippen molar-refractivity contribution in [1.29, 1.82) is 0 Å². The van der Waals surface area contributed by atoms with Gasteiger partial charge in [-0.2, -0.15) is 5.10 Å². The second-order valence-corrected chi connectivity index (χ2v) is 4.39. The van der Waals surface area contributed by atoms with Crippen LogP contribution in [-0.2, 0) is 6.54 Å². The predicted molar refractivity (Wildman–Crippen MR) is 72.4 cm³/mol. The van der Waals surface area contributed by atoms with Crippen molar-refractivity contribution < 1.29 is 19.1 Å². The molecule has 8 heteroatoms. The number of carboxylic acid groups (broad SMARTS) is 1. The Labute approximate surface area is 119 Å². The number of benzene rings is 1. The Kier molecular flexibility index (Phi) is 4.17. The molecule has 1 aromatic carbocycles. The second-order valence-electron chi connectivity index (χ2n) is 4.39. The number of nitrogens with one attached hydrogen (secondary N) is 2. The average Bonchev–Trinajstić information content (AvgIpc) is 2.91. The normalized spacial score (nSPS) is 10.2. The van der Waals surface area contributed by atoms with E-state index < -0.39 is 17.8 Å². The number of amides is 2. The molecule has 0 spiro atoms. The zero-order chi connectivity index (χ0) is 15.4. The fourth-order valence-corrected chi connectivity index (χ4v) is 1.73. The predicted octanol–water partition coefficient (Wildman–Crippen LogP) is 1.91. The van der Waals surface area contributed by atoms with Gasteiger partial charge in [-0.1, -0.05) is 0 Å². The van der Waals surface area contributed by atoms with Gasteiger partial charge in [0.25, 0.3) is 0 Å². The van der Waals surface area contributed by atoms with Crippen LogP contribution < -0.4 is 5.32 Å². The molecule has 1 aromatic heterocycles. The molecule has 2 rings (SSSR count). The van der Waals surface area contributed by atoms with Crippen molar-refractivity contribution in [3.05, 3.63) is 47.5 Å². The molecule has 0 saturated carbocycles. The monoisotopic (exact) mass is 292 g/mol. The molecule has 0 radical (unpaired) electrons. The van der Waals surface area contributed by atoms with Gasteiger partial charge in [0.1, 0.15) is 5.82 Å². The molecule has 0 saturated heterocycles. The Balaban J connectivity index is 2.11. The van der Waals surface area contributed by atoms with Gasteiger partial charge in [0.15, 0.2) is 0 Å². The Morgan fingerprint density at radius 2 is 2.24 bits per heavy atom. The maximum atomic E-state index is 13.2. The third kappa shape index (κ3) is 3.56. The number of urea groups is 1. The first-order valence-electron chi connectivity index (χ1n) is 6.00. The summed E-state index contributed by atoms with van der Waals surface area (Å²) in [7, 11) is 1.53. The van der Waals surface area contributed by atoms with E-state index in [9.17, 15) is 14.0 Å². The number of hydrogen-bond donors (Lipinski definition) is 3. The van der Waals surface area contributed by atoms with Gasteiger partial charge in [-0.05, 0) is 18.2 Å². The number of aromatic nitrogens is 2. The van der Waals surface area contributed by atoms with E-state index in [1.807, 2.05) is 0 Å². The van der Waals surface area contributed by atoms with Crippen molar-refractivity contribution >= 4 is 17.7 Å². The van der Waals surface area contributed by atoms with Crippen molar-refractivity contribution in [2.24, 2.45) is 0 Å². The van der Waals surface area contributed by atoms with Crippen LogP contribution in [0.1, 0.15) is 15.9 Å². The minimum absolute atomic E-state index is 0.0912. The van der Waals surface area contributed by atoms with Crippen LogP contribution in [0.15, 0.2) is 30.6 Å². The van der Waals surface area contributed by atoms with Crippen LogP contribution in [0.4, 0.5) is 14.9 Å². The number of hydrogen-bond acceptors (Lipinski definition) is 3. The molecule has 0 aliphatic rings. The maximum absolute atomic E-state index is 13.2. The van der Waals surface area contributed by atoms with Gasteiger partial charge in [0.05, 0.1) is 24.0 Å². The smallest absolute Gasteiger partial charge is 0.337 e. The second kappa shape index (κ2) is 6.04. The molecule has 3 N–H and O–H groups in total. The zero-order valence-corrected chi connectivity index (χ0v) is 11.1.